The molecule has 0 amide bonds. The molecule has 0 aliphatic carbocycles. The molecule has 20 heavy (non-hydrogen) atoms. The average Bonchev–Trinajstić information content (AvgIpc) is 2.47. The Bertz CT molecular complexity index is 132. The van der Waals surface area contributed by atoms with Crippen LogP contribution in [0.4, 0.5) is 0 Å². The molecule has 0 spiro atoms. The molecule has 0 nitrogen and oxygen atoms in total. The van der Waals surface area contributed by atoms with Crippen molar-refractivity contribution in [1.29, 1.82) is 0 Å². The van der Waals surface area contributed by atoms with Gasteiger partial charge in [-0.1, -0.05) is 116 Å². The third-order valence-electron chi connectivity index (χ3n) is 4.26. The van der Waals surface area contributed by atoms with Gasteiger partial charge in [0.25, 0.3) is 0 Å². The van der Waals surface area contributed by atoms with E-state index in [2.05, 4.69) is 13.8 Å². The molecule has 0 heterocycles. The van der Waals surface area contributed by atoms with Crippen LogP contribution in [-0.4, -0.2) is 0 Å². The van der Waals surface area contributed by atoms with Crippen molar-refractivity contribution in [3.8, 4) is 0 Å². The molecule has 0 heteroatoms. The van der Waals surface area contributed by atoms with Gasteiger partial charge in [0.1, 0.15) is 0 Å². The predicted octanol–water partition coefficient (Wildman–Crippen LogP) is 7.68. The predicted molar refractivity (Wildman–Crippen MR) is 93.8 cm³/mol. The summed E-state index contributed by atoms with van der Waals surface area (Å²) in [5.41, 5.74) is 0. The van der Waals surface area contributed by atoms with Crippen molar-refractivity contribution >= 4 is 0 Å². The summed E-state index contributed by atoms with van der Waals surface area (Å²) >= 11 is 0. The molecule has 0 bridgehead atoms. The van der Waals surface area contributed by atoms with Crippen LogP contribution < -0.4 is 0 Å². The van der Waals surface area contributed by atoms with E-state index in [4.69, 9.17) is 0 Å². The fourth-order valence-electron chi connectivity index (χ4n) is 2.84. The quantitative estimate of drug-likeness (QED) is 0.240. The van der Waals surface area contributed by atoms with E-state index in [0.29, 0.717) is 0 Å². The van der Waals surface area contributed by atoms with Gasteiger partial charge in [-0.25, -0.2) is 0 Å². The Morgan fingerprint density at radius 2 is 0.800 bits per heavy atom. The highest BCUT2D eigenvalue weighted by atomic mass is 14.0. The molecule has 120 valence electrons. The van der Waals surface area contributed by atoms with Gasteiger partial charge in [0, 0.05) is 0 Å². The van der Waals surface area contributed by atoms with Crippen molar-refractivity contribution in [1.82, 2.24) is 0 Å². The van der Waals surface area contributed by atoms with Crippen molar-refractivity contribution in [3.05, 3.63) is 13.3 Å². The molecule has 0 aromatic heterocycles. The Balaban J connectivity index is 2.89. The first-order valence-corrected chi connectivity index (χ1v) is 9.52. The van der Waals surface area contributed by atoms with Crippen LogP contribution in [0.3, 0.4) is 0 Å². The lowest BCUT2D eigenvalue weighted by Gasteiger charge is -2.03. The fourth-order valence-corrected chi connectivity index (χ4v) is 2.84. The van der Waals surface area contributed by atoms with Crippen molar-refractivity contribution in [3.63, 3.8) is 0 Å². The van der Waals surface area contributed by atoms with Gasteiger partial charge in [-0.05, 0) is 13.3 Å². The van der Waals surface area contributed by atoms with Crippen LogP contribution in [-0.2, 0) is 0 Å². The summed E-state index contributed by atoms with van der Waals surface area (Å²) in [6.07, 6.45) is 26.4. The lowest BCUT2D eigenvalue weighted by molar-refractivity contribution is 0.529. The fraction of sp³-hybridized carbons (Fsp3) is 0.900. The first-order valence-electron chi connectivity index (χ1n) is 9.52. The number of hydrogen-bond donors (Lipinski definition) is 0. The highest BCUT2D eigenvalue weighted by molar-refractivity contribution is 4.65. The van der Waals surface area contributed by atoms with Crippen LogP contribution in [0.5, 0.6) is 0 Å². The molecule has 0 atom stereocenters. The van der Waals surface area contributed by atoms with Crippen LogP contribution in [0.15, 0.2) is 0 Å². The third kappa shape index (κ3) is 18.0. The molecule has 0 saturated carbocycles. The van der Waals surface area contributed by atoms with Crippen molar-refractivity contribution in [2.45, 2.75) is 116 Å². The SMILES string of the molecule is [CH2][CH]CCCCCCCCCCCCCCCCCC. The zero-order chi connectivity index (χ0) is 14.7. The van der Waals surface area contributed by atoms with E-state index in [-0.39, 0.29) is 0 Å². The standard InChI is InChI=1S/C20H40/c1-3-5-7-9-11-13-15-17-19-20-18-16-14-12-10-8-6-4-2/h3H,1,4-20H2,2H3. The molecule has 0 unspecified atom stereocenters. The second-order valence-electron chi connectivity index (χ2n) is 6.38. The summed E-state index contributed by atoms with van der Waals surface area (Å²) in [5.74, 6) is 0. The van der Waals surface area contributed by atoms with E-state index in [9.17, 15) is 0 Å². The zero-order valence-corrected chi connectivity index (χ0v) is 14.3. The van der Waals surface area contributed by atoms with Crippen LogP contribution in [0.1, 0.15) is 116 Å². The minimum Gasteiger partial charge on any atom is -0.0654 e. The van der Waals surface area contributed by atoms with Gasteiger partial charge in [0.2, 0.25) is 0 Å². The summed E-state index contributed by atoms with van der Waals surface area (Å²) in [5, 5.41) is 0. The Labute approximate surface area is 130 Å². The topological polar surface area (TPSA) is 0 Å². The molecule has 0 fully saturated rings. The lowest BCUT2D eigenvalue weighted by Crippen LogP contribution is -1.83. The Morgan fingerprint density at radius 3 is 1.10 bits per heavy atom. The van der Waals surface area contributed by atoms with E-state index in [1.807, 2.05) is 6.42 Å². The molecular formula is C20H40. The van der Waals surface area contributed by atoms with E-state index >= 15 is 0 Å². The van der Waals surface area contributed by atoms with E-state index < -0.39 is 0 Å². The molecule has 0 saturated heterocycles. The summed E-state index contributed by atoms with van der Waals surface area (Å²) in [4.78, 5) is 0. The van der Waals surface area contributed by atoms with Gasteiger partial charge >= 0.3 is 0 Å². The van der Waals surface area contributed by atoms with Crippen LogP contribution in [0, 0.1) is 13.3 Å². The van der Waals surface area contributed by atoms with Crippen LogP contribution in [0.2, 0.25) is 0 Å². The minimum atomic E-state index is 1.21. The second kappa shape index (κ2) is 19.0. The van der Waals surface area contributed by atoms with Crippen LogP contribution in [0.25, 0.3) is 0 Å². The molecule has 0 aliphatic heterocycles. The van der Waals surface area contributed by atoms with Crippen molar-refractivity contribution in [2.75, 3.05) is 0 Å². The molecule has 0 rings (SSSR count). The highest BCUT2D eigenvalue weighted by Crippen LogP contribution is 2.14. The number of rotatable bonds is 17. The molecule has 0 aromatic carbocycles. The maximum atomic E-state index is 3.77. The smallest absolute Gasteiger partial charge is 0.0386 e. The van der Waals surface area contributed by atoms with Gasteiger partial charge in [-0.3, -0.25) is 0 Å². The lowest BCUT2D eigenvalue weighted by atomic mass is 10.0. The molecule has 0 aliphatic rings. The Hall–Kier alpha value is 0. The van der Waals surface area contributed by atoms with Crippen molar-refractivity contribution in [2.24, 2.45) is 0 Å². The Kier molecular flexibility index (Phi) is 19.0. The largest absolute Gasteiger partial charge is 0.0654 e. The maximum absolute atomic E-state index is 3.77. The third-order valence-corrected chi connectivity index (χ3v) is 4.26. The molecule has 0 N–H and O–H groups in total. The van der Waals surface area contributed by atoms with Gasteiger partial charge in [-0.2, -0.15) is 0 Å². The molecule has 2 radical (unpaired) electrons. The summed E-state index contributed by atoms with van der Waals surface area (Å²) in [6.45, 7) is 6.06. The van der Waals surface area contributed by atoms with E-state index in [1.54, 1.807) is 0 Å². The average molecular weight is 281 g/mol. The van der Waals surface area contributed by atoms with Crippen molar-refractivity contribution < 1.29 is 0 Å². The summed E-state index contributed by atoms with van der Waals surface area (Å²) in [6, 6.07) is 0. The number of unbranched alkanes of at least 4 members (excludes halogenated alkanes) is 17. The van der Waals surface area contributed by atoms with E-state index in [1.165, 1.54) is 109 Å². The summed E-state index contributed by atoms with van der Waals surface area (Å²) < 4.78 is 0. The van der Waals surface area contributed by atoms with Gasteiger partial charge in [0.05, 0.1) is 0 Å². The van der Waals surface area contributed by atoms with Gasteiger partial charge in [0.15, 0.2) is 0 Å². The van der Waals surface area contributed by atoms with Gasteiger partial charge < -0.3 is 0 Å². The van der Waals surface area contributed by atoms with Crippen LogP contribution >= 0.6 is 0 Å². The number of hydrogen-bond acceptors (Lipinski definition) is 0. The second-order valence-corrected chi connectivity index (χ2v) is 6.38. The van der Waals surface area contributed by atoms with E-state index in [0.717, 1.165) is 0 Å². The first-order chi connectivity index (χ1) is 9.91. The summed E-state index contributed by atoms with van der Waals surface area (Å²) in [7, 11) is 0. The highest BCUT2D eigenvalue weighted by Gasteiger charge is 1.94. The minimum absolute atomic E-state index is 1.21. The molecule has 0 aromatic rings. The van der Waals surface area contributed by atoms with Gasteiger partial charge in [-0.15, -0.1) is 0 Å². The normalized spacial score (nSPS) is 11.1. The monoisotopic (exact) mass is 280 g/mol. The maximum Gasteiger partial charge on any atom is -0.0386 e. The first kappa shape index (κ1) is 20.0. The Morgan fingerprint density at radius 1 is 0.500 bits per heavy atom. The molecular weight excluding hydrogens is 240 g/mol. The zero-order valence-electron chi connectivity index (χ0n) is 14.3.